The lowest BCUT2D eigenvalue weighted by Gasteiger charge is -2.14. The van der Waals surface area contributed by atoms with E-state index in [9.17, 15) is 5.11 Å². The number of hydrogen-bond donors (Lipinski definition) is 2. The van der Waals surface area contributed by atoms with Crippen molar-refractivity contribution in [1.29, 1.82) is 0 Å². The largest absolute Gasteiger partial charge is 0.398 e. The van der Waals surface area contributed by atoms with Crippen LogP contribution in [0, 0.1) is 0 Å². The van der Waals surface area contributed by atoms with Crippen LogP contribution in [-0.4, -0.2) is 5.11 Å². The van der Waals surface area contributed by atoms with Gasteiger partial charge in [-0.1, -0.05) is 48.9 Å². The van der Waals surface area contributed by atoms with Crippen LogP contribution in [0.25, 0.3) is 0 Å². The summed E-state index contributed by atoms with van der Waals surface area (Å²) in [6, 6.07) is 13.0. The molecule has 3 N–H and O–H groups in total. The SMILES string of the molecule is CCc1ccc(C(O)c2ccc(Cl)cc2N)cc1. The van der Waals surface area contributed by atoms with Gasteiger partial charge in [-0.25, -0.2) is 0 Å². The molecule has 0 aromatic heterocycles. The molecule has 2 aromatic rings. The maximum Gasteiger partial charge on any atom is 0.106 e. The molecule has 0 radical (unpaired) electrons. The predicted molar refractivity (Wildman–Crippen MR) is 75.7 cm³/mol. The third-order valence-corrected chi connectivity index (χ3v) is 3.28. The summed E-state index contributed by atoms with van der Waals surface area (Å²) in [4.78, 5) is 0. The highest BCUT2D eigenvalue weighted by Gasteiger charge is 2.13. The fourth-order valence-corrected chi connectivity index (χ4v) is 2.09. The van der Waals surface area contributed by atoms with Gasteiger partial charge in [0.1, 0.15) is 6.10 Å². The molecular weight excluding hydrogens is 246 g/mol. The van der Waals surface area contributed by atoms with Crippen molar-refractivity contribution in [2.24, 2.45) is 0 Å². The Balaban J connectivity index is 2.31. The van der Waals surface area contributed by atoms with Crippen LogP contribution in [0.1, 0.15) is 29.7 Å². The zero-order valence-electron chi connectivity index (χ0n) is 10.2. The second-order valence-electron chi connectivity index (χ2n) is 4.27. The van der Waals surface area contributed by atoms with Crippen molar-refractivity contribution in [2.45, 2.75) is 19.4 Å². The second kappa shape index (κ2) is 5.42. The first-order chi connectivity index (χ1) is 8.61. The monoisotopic (exact) mass is 261 g/mol. The van der Waals surface area contributed by atoms with Gasteiger partial charge in [0.05, 0.1) is 0 Å². The summed E-state index contributed by atoms with van der Waals surface area (Å²) < 4.78 is 0. The molecule has 1 atom stereocenters. The molecule has 0 heterocycles. The number of aliphatic hydroxyl groups is 1. The van der Waals surface area contributed by atoms with Crippen molar-refractivity contribution >= 4 is 17.3 Å². The third kappa shape index (κ3) is 2.66. The first-order valence-corrected chi connectivity index (χ1v) is 6.31. The van der Waals surface area contributed by atoms with E-state index in [1.54, 1.807) is 18.2 Å². The number of halogens is 1. The average molecular weight is 262 g/mol. The standard InChI is InChI=1S/C15H16ClNO/c1-2-10-3-5-11(6-4-10)15(18)13-8-7-12(16)9-14(13)17/h3-9,15,18H,2,17H2,1H3. The van der Waals surface area contributed by atoms with E-state index in [2.05, 4.69) is 6.92 Å². The number of aliphatic hydroxyl groups excluding tert-OH is 1. The number of rotatable bonds is 3. The summed E-state index contributed by atoms with van der Waals surface area (Å²) in [5.74, 6) is 0. The Kier molecular flexibility index (Phi) is 3.90. The molecule has 94 valence electrons. The van der Waals surface area contributed by atoms with E-state index in [-0.39, 0.29) is 0 Å². The van der Waals surface area contributed by atoms with Crippen LogP contribution >= 0.6 is 11.6 Å². The number of anilines is 1. The molecule has 2 aromatic carbocycles. The Morgan fingerprint density at radius 1 is 1.17 bits per heavy atom. The topological polar surface area (TPSA) is 46.2 Å². The number of aryl methyl sites for hydroxylation is 1. The molecule has 0 amide bonds. The van der Waals surface area contributed by atoms with E-state index < -0.39 is 6.10 Å². The Morgan fingerprint density at radius 3 is 2.39 bits per heavy atom. The lowest BCUT2D eigenvalue weighted by atomic mass is 9.98. The summed E-state index contributed by atoms with van der Waals surface area (Å²) in [5.41, 5.74) is 9.14. The minimum absolute atomic E-state index is 0.509. The van der Waals surface area contributed by atoms with Gasteiger partial charge < -0.3 is 10.8 Å². The Hall–Kier alpha value is -1.51. The van der Waals surface area contributed by atoms with Crippen molar-refractivity contribution in [3.63, 3.8) is 0 Å². The van der Waals surface area contributed by atoms with Gasteiger partial charge in [-0.05, 0) is 29.7 Å². The molecule has 0 spiro atoms. The molecule has 0 saturated carbocycles. The predicted octanol–water partition coefficient (Wildman–Crippen LogP) is 3.57. The summed E-state index contributed by atoms with van der Waals surface area (Å²) >= 11 is 5.85. The van der Waals surface area contributed by atoms with Gasteiger partial charge >= 0.3 is 0 Å². The molecule has 3 heteroatoms. The lowest BCUT2D eigenvalue weighted by molar-refractivity contribution is 0.221. The van der Waals surface area contributed by atoms with Gasteiger partial charge in [0.15, 0.2) is 0 Å². The van der Waals surface area contributed by atoms with Crippen LogP contribution < -0.4 is 5.73 Å². The number of hydrogen-bond acceptors (Lipinski definition) is 2. The molecule has 2 nitrogen and oxygen atoms in total. The second-order valence-corrected chi connectivity index (χ2v) is 4.71. The molecule has 0 fully saturated rings. The number of nitrogens with two attached hydrogens (primary N) is 1. The van der Waals surface area contributed by atoms with Crippen LogP contribution in [0.4, 0.5) is 5.69 Å². The Labute approximate surface area is 112 Å². The lowest BCUT2D eigenvalue weighted by Crippen LogP contribution is -2.03. The minimum Gasteiger partial charge on any atom is -0.398 e. The normalized spacial score (nSPS) is 12.4. The average Bonchev–Trinajstić information content (AvgIpc) is 2.38. The van der Waals surface area contributed by atoms with Crippen molar-refractivity contribution in [3.05, 3.63) is 64.2 Å². The molecule has 0 aliphatic carbocycles. The Bertz CT molecular complexity index is 537. The summed E-state index contributed by atoms with van der Waals surface area (Å²) in [6.07, 6.45) is 0.271. The van der Waals surface area contributed by atoms with Crippen molar-refractivity contribution in [1.82, 2.24) is 0 Å². The molecule has 18 heavy (non-hydrogen) atoms. The van der Waals surface area contributed by atoms with E-state index in [4.69, 9.17) is 17.3 Å². The molecule has 2 rings (SSSR count). The summed E-state index contributed by atoms with van der Waals surface area (Å²) in [5, 5.41) is 10.9. The highest BCUT2D eigenvalue weighted by atomic mass is 35.5. The van der Waals surface area contributed by atoms with Gasteiger partial charge in [-0.15, -0.1) is 0 Å². The van der Waals surface area contributed by atoms with E-state index in [0.717, 1.165) is 12.0 Å². The highest BCUT2D eigenvalue weighted by molar-refractivity contribution is 6.30. The fourth-order valence-electron chi connectivity index (χ4n) is 1.91. The summed E-state index contributed by atoms with van der Waals surface area (Å²) in [7, 11) is 0. The van der Waals surface area contributed by atoms with E-state index in [0.29, 0.717) is 16.3 Å². The highest BCUT2D eigenvalue weighted by Crippen LogP contribution is 2.28. The number of nitrogen functional groups attached to an aromatic ring is 1. The van der Waals surface area contributed by atoms with Crippen LogP contribution in [0.3, 0.4) is 0 Å². The smallest absolute Gasteiger partial charge is 0.106 e. The van der Waals surface area contributed by atoms with Crippen LogP contribution in [0.5, 0.6) is 0 Å². The van der Waals surface area contributed by atoms with Crippen LogP contribution in [0.2, 0.25) is 5.02 Å². The summed E-state index contributed by atoms with van der Waals surface area (Å²) in [6.45, 7) is 2.10. The van der Waals surface area contributed by atoms with Crippen molar-refractivity contribution < 1.29 is 5.11 Å². The molecule has 0 aliphatic rings. The van der Waals surface area contributed by atoms with E-state index >= 15 is 0 Å². The Morgan fingerprint density at radius 2 is 1.83 bits per heavy atom. The maximum atomic E-state index is 10.3. The van der Waals surface area contributed by atoms with E-state index in [1.165, 1.54) is 5.56 Å². The molecule has 0 aliphatic heterocycles. The minimum atomic E-state index is -0.715. The first kappa shape index (κ1) is 12.9. The molecule has 0 saturated heterocycles. The van der Waals surface area contributed by atoms with Crippen LogP contribution in [-0.2, 0) is 6.42 Å². The maximum absolute atomic E-state index is 10.3. The quantitative estimate of drug-likeness (QED) is 0.830. The van der Waals surface area contributed by atoms with Gasteiger partial charge in [0.2, 0.25) is 0 Å². The third-order valence-electron chi connectivity index (χ3n) is 3.05. The molecule has 0 bridgehead atoms. The molecule has 1 unspecified atom stereocenters. The molecular formula is C15H16ClNO. The van der Waals surface area contributed by atoms with Crippen molar-refractivity contribution in [2.75, 3.05) is 5.73 Å². The van der Waals surface area contributed by atoms with Gasteiger partial charge in [0.25, 0.3) is 0 Å². The van der Waals surface area contributed by atoms with Gasteiger partial charge in [0, 0.05) is 16.3 Å². The van der Waals surface area contributed by atoms with E-state index in [1.807, 2.05) is 24.3 Å². The van der Waals surface area contributed by atoms with Gasteiger partial charge in [-0.3, -0.25) is 0 Å². The number of benzene rings is 2. The van der Waals surface area contributed by atoms with Gasteiger partial charge in [-0.2, -0.15) is 0 Å². The van der Waals surface area contributed by atoms with Crippen LogP contribution in [0.15, 0.2) is 42.5 Å². The first-order valence-electron chi connectivity index (χ1n) is 5.93. The van der Waals surface area contributed by atoms with Crippen molar-refractivity contribution in [3.8, 4) is 0 Å². The zero-order chi connectivity index (χ0) is 13.1. The zero-order valence-corrected chi connectivity index (χ0v) is 11.0. The fraction of sp³-hybridized carbons (Fsp3) is 0.200.